The number of hydrogen-bond donors (Lipinski definition) is 1. The summed E-state index contributed by atoms with van der Waals surface area (Å²) in [4.78, 5) is 15.7. The average Bonchev–Trinajstić information content (AvgIpc) is 2.86. The lowest BCUT2D eigenvalue weighted by Gasteiger charge is -2.26. The quantitative estimate of drug-likeness (QED) is 0.898. The van der Waals surface area contributed by atoms with E-state index in [1.807, 2.05) is 24.8 Å². The smallest absolute Gasteiger partial charge is 0.244 e. The second-order valence-corrected chi connectivity index (χ2v) is 6.35. The Labute approximate surface area is 117 Å². The van der Waals surface area contributed by atoms with Crippen molar-refractivity contribution in [3.63, 3.8) is 0 Å². The minimum absolute atomic E-state index is 0.0258. The molecule has 1 spiro atoms. The van der Waals surface area contributed by atoms with E-state index in [0.29, 0.717) is 13.2 Å². The normalized spacial score (nSPS) is 26.1. The SMILES string of the molecule is CCOC(C)CN1C(=O)C2(CC2)NC1c1cccs1. The van der Waals surface area contributed by atoms with Gasteiger partial charge in [0.2, 0.25) is 5.91 Å². The number of thiophene rings is 1. The summed E-state index contributed by atoms with van der Waals surface area (Å²) in [6, 6.07) is 4.13. The number of nitrogens with zero attached hydrogens (tertiary/aromatic N) is 1. The summed E-state index contributed by atoms with van der Waals surface area (Å²) in [5.41, 5.74) is -0.263. The Balaban J connectivity index is 1.79. The van der Waals surface area contributed by atoms with Gasteiger partial charge in [0.25, 0.3) is 0 Å². The Kier molecular flexibility index (Phi) is 3.37. The first-order valence-electron chi connectivity index (χ1n) is 6.90. The summed E-state index contributed by atoms with van der Waals surface area (Å²) in [6.45, 7) is 5.36. The van der Waals surface area contributed by atoms with E-state index in [9.17, 15) is 4.79 Å². The van der Waals surface area contributed by atoms with Crippen molar-refractivity contribution in [1.82, 2.24) is 10.2 Å². The van der Waals surface area contributed by atoms with Crippen LogP contribution in [-0.2, 0) is 9.53 Å². The third-order valence-corrected chi connectivity index (χ3v) is 4.79. The van der Waals surface area contributed by atoms with Gasteiger partial charge in [0.05, 0.1) is 6.10 Å². The lowest BCUT2D eigenvalue weighted by molar-refractivity contribution is -0.132. The molecule has 5 heteroatoms. The minimum Gasteiger partial charge on any atom is -0.377 e. The topological polar surface area (TPSA) is 41.6 Å². The largest absolute Gasteiger partial charge is 0.377 e. The molecule has 0 bridgehead atoms. The maximum absolute atomic E-state index is 12.5. The molecule has 104 valence electrons. The Morgan fingerprint density at radius 2 is 2.42 bits per heavy atom. The number of amides is 1. The Morgan fingerprint density at radius 3 is 3.00 bits per heavy atom. The molecule has 4 nitrogen and oxygen atoms in total. The zero-order chi connectivity index (χ0) is 13.5. The average molecular weight is 280 g/mol. The highest BCUT2D eigenvalue weighted by Crippen LogP contribution is 2.46. The van der Waals surface area contributed by atoms with E-state index in [1.165, 1.54) is 4.88 Å². The van der Waals surface area contributed by atoms with E-state index in [2.05, 4.69) is 16.8 Å². The monoisotopic (exact) mass is 280 g/mol. The summed E-state index contributed by atoms with van der Waals surface area (Å²) < 4.78 is 5.59. The van der Waals surface area contributed by atoms with E-state index in [1.54, 1.807) is 11.3 Å². The fraction of sp³-hybridized carbons (Fsp3) is 0.643. The van der Waals surface area contributed by atoms with Crippen LogP contribution in [0.3, 0.4) is 0 Å². The third-order valence-electron chi connectivity index (χ3n) is 3.86. The molecule has 1 N–H and O–H groups in total. The first kappa shape index (κ1) is 13.1. The van der Waals surface area contributed by atoms with Crippen LogP contribution in [0.4, 0.5) is 0 Å². The molecule has 1 aromatic rings. The van der Waals surface area contributed by atoms with Gasteiger partial charge in [-0.3, -0.25) is 10.1 Å². The molecule has 1 saturated heterocycles. The van der Waals surface area contributed by atoms with Crippen molar-refractivity contribution in [3.8, 4) is 0 Å². The van der Waals surface area contributed by atoms with Crippen molar-refractivity contribution in [2.75, 3.05) is 13.2 Å². The maximum Gasteiger partial charge on any atom is 0.244 e. The van der Waals surface area contributed by atoms with Gasteiger partial charge in [0.15, 0.2) is 0 Å². The molecule has 1 saturated carbocycles. The van der Waals surface area contributed by atoms with Crippen molar-refractivity contribution in [1.29, 1.82) is 0 Å². The van der Waals surface area contributed by atoms with Gasteiger partial charge < -0.3 is 9.64 Å². The van der Waals surface area contributed by atoms with E-state index in [-0.39, 0.29) is 23.7 Å². The predicted octanol–water partition coefficient (Wildman–Crippen LogP) is 2.14. The fourth-order valence-corrected chi connectivity index (χ4v) is 3.54. The first-order valence-corrected chi connectivity index (χ1v) is 7.78. The zero-order valence-electron chi connectivity index (χ0n) is 11.4. The van der Waals surface area contributed by atoms with Gasteiger partial charge >= 0.3 is 0 Å². The third kappa shape index (κ3) is 2.30. The number of nitrogens with one attached hydrogen (secondary N) is 1. The molecular formula is C14H20N2O2S. The maximum atomic E-state index is 12.5. The number of hydrogen-bond acceptors (Lipinski definition) is 4. The highest BCUT2D eigenvalue weighted by Gasteiger charge is 2.59. The predicted molar refractivity (Wildman–Crippen MR) is 75.0 cm³/mol. The standard InChI is InChI=1S/C14H20N2O2S/c1-3-18-10(2)9-16-12(11-5-4-8-19-11)15-14(6-7-14)13(16)17/h4-5,8,10,12,15H,3,6-7,9H2,1-2H3. The molecule has 1 amide bonds. The summed E-state index contributed by atoms with van der Waals surface area (Å²) in [5.74, 6) is 0.248. The van der Waals surface area contributed by atoms with Crippen molar-refractivity contribution in [3.05, 3.63) is 22.4 Å². The van der Waals surface area contributed by atoms with Crippen molar-refractivity contribution in [2.45, 2.75) is 44.5 Å². The van der Waals surface area contributed by atoms with Crippen LogP contribution in [0.25, 0.3) is 0 Å². The number of rotatable bonds is 5. The number of ether oxygens (including phenoxy) is 1. The van der Waals surface area contributed by atoms with Crippen LogP contribution in [0, 0.1) is 0 Å². The van der Waals surface area contributed by atoms with Gasteiger partial charge in [0, 0.05) is 18.0 Å². The first-order chi connectivity index (χ1) is 9.16. The molecule has 0 radical (unpaired) electrons. The number of carbonyl (C=O) groups excluding carboxylic acids is 1. The molecule has 1 aliphatic heterocycles. The molecule has 2 aliphatic rings. The van der Waals surface area contributed by atoms with Crippen LogP contribution in [0.5, 0.6) is 0 Å². The Bertz CT molecular complexity index is 456. The molecule has 1 aliphatic carbocycles. The second kappa shape index (κ2) is 4.89. The van der Waals surface area contributed by atoms with Crippen molar-refractivity contribution in [2.24, 2.45) is 0 Å². The van der Waals surface area contributed by atoms with Gasteiger partial charge in [-0.15, -0.1) is 11.3 Å². The van der Waals surface area contributed by atoms with E-state index < -0.39 is 0 Å². The van der Waals surface area contributed by atoms with Crippen molar-refractivity contribution >= 4 is 17.2 Å². The lowest BCUT2D eigenvalue weighted by Crippen LogP contribution is -2.37. The van der Waals surface area contributed by atoms with Gasteiger partial charge in [-0.05, 0) is 38.1 Å². The molecule has 3 rings (SSSR count). The zero-order valence-corrected chi connectivity index (χ0v) is 12.2. The fourth-order valence-electron chi connectivity index (χ4n) is 2.75. The van der Waals surface area contributed by atoms with Crippen LogP contribution in [0.2, 0.25) is 0 Å². The molecule has 1 aromatic heterocycles. The van der Waals surface area contributed by atoms with Gasteiger partial charge in [-0.2, -0.15) is 0 Å². The highest BCUT2D eigenvalue weighted by atomic mass is 32.1. The number of carbonyl (C=O) groups is 1. The second-order valence-electron chi connectivity index (χ2n) is 5.37. The van der Waals surface area contributed by atoms with E-state index >= 15 is 0 Å². The Morgan fingerprint density at radius 1 is 1.63 bits per heavy atom. The van der Waals surface area contributed by atoms with Crippen LogP contribution in [0.1, 0.15) is 37.7 Å². The summed E-state index contributed by atoms with van der Waals surface area (Å²) >= 11 is 1.70. The van der Waals surface area contributed by atoms with Crippen LogP contribution in [0.15, 0.2) is 17.5 Å². The van der Waals surface area contributed by atoms with Gasteiger partial charge in [-0.25, -0.2) is 0 Å². The molecule has 19 heavy (non-hydrogen) atoms. The van der Waals surface area contributed by atoms with E-state index in [4.69, 9.17) is 4.74 Å². The molecule has 2 atom stereocenters. The minimum atomic E-state index is -0.263. The van der Waals surface area contributed by atoms with Crippen LogP contribution in [-0.4, -0.2) is 35.6 Å². The summed E-state index contributed by atoms with van der Waals surface area (Å²) in [5, 5.41) is 5.58. The molecule has 0 aromatic carbocycles. The molecule has 2 heterocycles. The van der Waals surface area contributed by atoms with Gasteiger partial charge in [-0.1, -0.05) is 6.07 Å². The molecular weight excluding hydrogens is 260 g/mol. The molecule has 2 fully saturated rings. The molecule has 2 unspecified atom stereocenters. The highest BCUT2D eigenvalue weighted by molar-refractivity contribution is 7.10. The Hall–Kier alpha value is -0.910. The summed E-state index contributed by atoms with van der Waals surface area (Å²) in [6.07, 6.45) is 2.03. The van der Waals surface area contributed by atoms with Crippen molar-refractivity contribution < 1.29 is 9.53 Å². The van der Waals surface area contributed by atoms with E-state index in [0.717, 1.165) is 12.8 Å². The van der Waals surface area contributed by atoms with Crippen LogP contribution >= 0.6 is 11.3 Å². The summed E-state index contributed by atoms with van der Waals surface area (Å²) in [7, 11) is 0. The van der Waals surface area contributed by atoms with Crippen LogP contribution < -0.4 is 5.32 Å². The lowest BCUT2D eigenvalue weighted by atomic mass is 10.2. The van der Waals surface area contributed by atoms with Gasteiger partial charge in [0.1, 0.15) is 11.7 Å².